The van der Waals surface area contributed by atoms with Crippen molar-refractivity contribution in [1.82, 2.24) is 10.2 Å². The van der Waals surface area contributed by atoms with Crippen LogP contribution in [0.1, 0.15) is 13.3 Å². The highest BCUT2D eigenvalue weighted by Gasteiger charge is 2.19. The number of ether oxygens (including phenoxy) is 1. The van der Waals surface area contributed by atoms with Crippen LogP contribution in [0.4, 0.5) is 4.79 Å². The summed E-state index contributed by atoms with van der Waals surface area (Å²) in [6.45, 7) is 3.72. The lowest BCUT2D eigenvalue weighted by Crippen LogP contribution is -2.47. The van der Waals surface area contributed by atoms with Gasteiger partial charge < -0.3 is 20.1 Å². The Bertz CT molecular complexity index is 236. The third-order valence-corrected chi connectivity index (χ3v) is 2.22. The molecule has 1 fully saturated rings. The molecule has 86 valence electrons. The number of nitrogens with zero attached hydrogens (tertiary/aromatic N) is 1. The molecule has 0 aromatic heterocycles. The molecule has 2 amide bonds. The van der Waals surface area contributed by atoms with Gasteiger partial charge in [0, 0.05) is 19.7 Å². The smallest absolute Gasteiger partial charge is 0.325 e. The second-order valence-electron chi connectivity index (χ2n) is 3.46. The van der Waals surface area contributed by atoms with Crippen LogP contribution in [0.3, 0.4) is 0 Å². The van der Waals surface area contributed by atoms with Gasteiger partial charge in [0.25, 0.3) is 0 Å². The van der Waals surface area contributed by atoms with Crippen molar-refractivity contribution in [2.24, 2.45) is 0 Å². The zero-order chi connectivity index (χ0) is 11.3. The van der Waals surface area contributed by atoms with Crippen LogP contribution in [-0.2, 0) is 9.53 Å². The molecular weight excluding hydrogens is 200 g/mol. The molecule has 6 nitrogen and oxygen atoms in total. The lowest BCUT2D eigenvalue weighted by atomic mass is 10.3. The number of nitrogens with one attached hydrogen (secondary N) is 1. The van der Waals surface area contributed by atoms with E-state index < -0.39 is 12.0 Å². The number of hydrogen-bond donors (Lipinski definition) is 2. The Labute approximate surface area is 88.2 Å². The van der Waals surface area contributed by atoms with E-state index in [2.05, 4.69) is 5.32 Å². The zero-order valence-electron chi connectivity index (χ0n) is 8.73. The number of aliphatic carboxylic acids is 1. The van der Waals surface area contributed by atoms with Gasteiger partial charge in [-0.2, -0.15) is 0 Å². The molecule has 0 saturated carbocycles. The maximum atomic E-state index is 11.6. The van der Waals surface area contributed by atoms with Gasteiger partial charge in [-0.05, 0) is 13.3 Å². The van der Waals surface area contributed by atoms with Gasteiger partial charge in [0.15, 0.2) is 0 Å². The van der Waals surface area contributed by atoms with E-state index in [4.69, 9.17) is 9.84 Å². The van der Waals surface area contributed by atoms with Gasteiger partial charge in [-0.1, -0.05) is 0 Å². The molecule has 1 aliphatic heterocycles. The molecule has 0 radical (unpaired) electrons. The normalized spacial score (nSPS) is 19.1. The maximum absolute atomic E-state index is 11.6. The van der Waals surface area contributed by atoms with Gasteiger partial charge in [0.2, 0.25) is 0 Å². The second-order valence-corrected chi connectivity index (χ2v) is 3.46. The monoisotopic (exact) mass is 216 g/mol. The van der Waals surface area contributed by atoms with Crippen LogP contribution < -0.4 is 5.32 Å². The topological polar surface area (TPSA) is 78.9 Å². The molecule has 1 heterocycles. The Morgan fingerprint density at radius 2 is 2.13 bits per heavy atom. The number of amides is 2. The molecule has 0 aliphatic carbocycles. The van der Waals surface area contributed by atoms with Gasteiger partial charge in [-0.25, -0.2) is 4.79 Å². The highest BCUT2D eigenvalue weighted by Crippen LogP contribution is 1.99. The molecular formula is C9H16N2O4. The molecule has 1 atom stereocenters. The van der Waals surface area contributed by atoms with Gasteiger partial charge in [-0.3, -0.25) is 4.79 Å². The van der Waals surface area contributed by atoms with Crippen LogP contribution in [0.5, 0.6) is 0 Å². The molecule has 2 N–H and O–H groups in total. The minimum Gasteiger partial charge on any atom is -0.480 e. The van der Waals surface area contributed by atoms with E-state index in [9.17, 15) is 9.59 Å². The van der Waals surface area contributed by atoms with Gasteiger partial charge in [0.1, 0.15) is 6.04 Å². The van der Waals surface area contributed by atoms with Crippen LogP contribution in [0.15, 0.2) is 0 Å². The lowest BCUT2D eigenvalue weighted by Gasteiger charge is -2.21. The Hall–Kier alpha value is -1.30. The van der Waals surface area contributed by atoms with Crippen LogP contribution in [0, 0.1) is 0 Å². The number of rotatable bonds is 2. The van der Waals surface area contributed by atoms with E-state index in [0.717, 1.165) is 6.42 Å². The Morgan fingerprint density at radius 1 is 1.40 bits per heavy atom. The van der Waals surface area contributed by atoms with Crippen molar-refractivity contribution in [3.05, 3.63) is 0 Å². The first-order valence-electron chi connectivity index (χ1n) is 4.97. The summed E-state index contributed by atoms with van der Waals surface area (Å²) in [5, 5.41) is 11.0. The summed E-state index contributed by atoms with van der Waals surface area (Å²) in [5.74, 6) is -1.03. The van der Waals surface area contributed by atoms with Gasteiger partial charge in [0.05, 0.1) is 6.61 Å². The molecule has 0 spiro atoms. The highest BCUT2D eigenvalue weighted by atomic mass is 16.5. The fraction of sp³-hybridized carbons (Fsp3) is 0.778. The number of carbonyl (C=O) groups excluding carboxylic acids is 1. The quantitative estimate of drug-likeness (QED) is 0.675. The standard InChI is InChI=1S/C9H16N2O4/c1-7(8(12)13)10-9(14)11-3-2-5-15-6-4-11/h7H,2-6H2,1H3,(H,10,14)(H,12,13)/t7-/m0/s1. The van der Waals surface area contributed by atoms with E-state index in [0.29, 0.717) is 26.3 Å². The van der Waals surface area contributed by atoms with E-state index in [1.165, 1.54) is 6.92 Å². The first-order chi connectivity index (χ1) is 7.11. The summed E-state index contributed by atoms with van der Waals surface area (Å²) in [5.41, 5.74) is 0. The fourth-order valence-corrected chi connectivity index (χ4v) is 1.29. The number of carboxylic acids is 1. The van der Waals surface area contributed by atoms with Crippen molar-refractivity contribution in [1.29, 1.82) is 0 Å². The molecule has 1 aliphatic rings. The van der Waals surface area contributed by atoms with Crippen molar-refractivity contribution in [2.75, 3.05) is 26.3 Å². The van der Waals surface area contributed by atoms with E-state index in [-0.39, 0.29) is 6.03 Å². The van der Waals surface area contributed by atoms with E-state index in [1.807, 2.05) is 0 Å². The van der Waals surface area contributed by atoms with Gasteiger partial charge in [-0.15, -0.1) is 0 Å². The van der Waals surface area contributed by atoms with E-state index >= 15 is 0 Å². The second kappa shape index (κ2) is 5.55. The summed E-state index contributed by atoms with van der Waals surface area (Å²) in [6.07, 6.45) is 0.787. The number of carbonyl (C=O) groups is 2. The summed E-state index contributed by atoms with van der Waals surface area (Å²) in [7, 11) is 0. The van der Waals surface area contributed by atoms with Crippen molar-refractivity contribution in [3.63, 3.8) is 0 Å². The van der Waals surface area contributed by atoms with E-state index in [1.54, 1.807) is 4.90 Å². The minimum absolute atomic E-state index is 0.338. The maximum Gasteiger partial charge on any atom is 0.325 e. The Kier molecular flexibility index (Phi) is 4.36. The average Bonchev–Trinajstić information content (AvgIpc) is 2.45. The first kappa shape index (κ1) is 11.8. The predicted octanol–water partition coefficient (Wildman–Crippen LogP) is -0.109. The minimum atomic E-state index is -1.03. The molecule has 6 heteroatoms. The summed E-state index contributed by atoms with van der Waals surface area (Å²) < 4.78 is 5.19. The Morgan fingerprint density at radius 3 is 2.80 bits per heavy atom. The molecule has 0 unspecified atom stereocenters. The largest absolute Gasteiger partial charge is 0.480 e. The average molecular weight is 216 g/mol. The van der Waals surface area contributed by atoms with Crippen molar-refractivity contribution >= 4 is 12.0 Å². The number of carboxylic acid groups (broad SMARTS) is 1. The van der Waals surface area contributed by atoms with Crippen LogP contribution >= 0.6 is 0 Å². The Balaban J connectivity index is 2.41. The molecule has 15 heavy (non-hydrogen) atoms. The molecule has 0 aromatic carbocycles. The first-order valence-corrected chi connectivity index (χ1v) is 4.97. The third-order valence-electron chi connectivity index (χ3n) is 2.22. The van der Waals surface area contributed by atoms with Crippen LogP contribution in [0.2, 0.25) is 0 Å². The molecule has 1 rings (SSSR count). The summed E-state index contributed by atoms with van der Waals surface area (Å²) in [6, 6.07) is -1.20. The van der Waals surface area contributed by atoms with Crippen LogP contribution in [0.25, 0.3) is 0 Å². The predicted molar refractivity (Wildman–Crippen MR) is 52.6 cm³/mol. The molecule has 0 bridgehead atoms. The molecule has 1 saturated heterocycles. The third kappa shape index (κ3) is 3.75. The summed E-state index contributed by atoms with van der Waals surface area (Å²) >= 11 is 0. The van der Waals surface area contributed by atoms with Crippen LogP contribution in [-0.4, -0.2) is 54.4 Å². The fourth-order valence-electron chi connectivity index (χ4n) is 1.29. The molecule has 0 aromatic rings. The number of urea groups is 1. The lowest BCUT2D eigenvalue weighted by molar-refractivity contribution is -0.138. The van der Waals surface area contributed by atoms with Crippen molar-refractivity contribution in [3.8, 4) is 0 Å². The zero-order valence-corrected chi connectivity index (χ0v) is 8.73. The van der Waals surface area contributed by atoms with Crippen molar-refractivity contribution < 1.29 is 19.4 Å². The number of hydrogen-bond acceptors (Lipinski definition) is 3. The highest BCUT2D eigenvalue weighted by molar-refractivity contribution is 5.82. The van der Waals surface area contributed by atoms with Gasteiger partial charge >= 0.3 is 12.0 Å². The van der Waals surface area contributed by atoms with Crippen molar-refractivity contribution in [2.45, 2.75) is 19.4 Å². The summed E-state index contributed by atoms with van der Waals surface area (Å²) in [4.78, 5) is 23.7. The SMILES string of the molecule is C[C@H](NC(=O)N1CCCOCC1)C(=O)O.